The van der Waals surface area contributed by atoms with Crippen molar-refractivity contribution in [3.63, 3.8) is 0 Å². The molecule has 0 aliphatic carbocycles. The normalized spacial score (nSPS) is 10.3. The van der Waals surface area contributed by atoms with Crippen LogP contribution in [0.25, 0.3) is 0 Å². The summed E-state index contributed by atoms with van der Waals surface area (Å²) in [5, 5.41) is 2.52. The van der Waals surface area contributed by atoms with Gasteiger partial charge in [0.05, 0.1) is 5.56 Å². The van der Waals surface area contributed by atoms with Gasteiger partial charge in [0.15, 0.2) is 0 Å². The molecule has 4 nitrogen and oxygen atoms in total. The first-order chi connectivity index (χ1) is 11.5. The zero-order valence-corrected chi connectivity index (χ0v) is 13.5. The summed E-state index contributed by atoms with van der Waals surface area (Å²) >= 11 is 0. The Morgan fingerprint density at radius 3 is 2.17 bits per heavy atom. The second-order valence-electron chi connectivity index (χ2n) is 5.13. The average molecular weight is 332 g/mol. The lowest BCUT2D eigenvalue weighted by molar-refractivity contribution is 0.0773. The van der Waals surface area contributed by atoms with Gasteiger partial charge in [0.25, 0.3) is 11.8 Å². The summed E-state index contributed by atoms with van der Waals surface area (Å²) in [4.78, 5) is 25.9. The fourth-order valence-corrected chi connectivity index (χ4v) is 2.26. The molecule has 0 bridgehead atoms. The van der Waals surface area contributed by atoms with Gasteiger partial charge < -0.3 is 10.2 Å². The topological polar surface area (TPSA) is 49.4 Å². The van der Waals surface area contributed by atoms with Gasteiger partial charge in [-0.3, -0.25) is 9.59 Å². The monoisotopic (exact) mass is 332 g/mol. The fourth-order valence-electron chi connectivity index (χ4n) is 2.26. The van der Waals surface area contributed by atoms with Crippen LogP contribution in [0, 0.1) is 11.6 Å². The Morgan fingerprint density at radius 2 is 1.62 bits per heavy atom. The van der Waals surface area contributed by atoms with Crippen LogP contribution >= 0.6 is 0 Å². The maximum absolute atomic E-state index is 13.6. The summed E-state index contributed by atoms with van der Waals surface area (Å²) in [5.41, 5.74) is 0.671. The predicted molar refractivity (Wildman–Crippen MR) is 88.0 cm³/mol. The van der Waals surface area contributed by atoms with Crippen LogP contribution in [-0.4, -0.2) is 29.8 Å². The van der Waals surface area contributed by atoms with E-state index in [0.717, 1.165) is 12.1 Å². The molecule has 0 fully saturated rings. The predicted octanol–water partition coefficient (Wildman–Crippen LogP) is 3.70. The smallest absolute Gasteiger partial charge is 0.258 e. The molecule has 0 atom stereocenters. The number of amides is 2. The molecule has 24 heavy (non-hydrogen) atoms. The molecule has 2 amide bonds. The number of hydrogen-bond acceptors (Lipinski definition) is 2. The van der Waals surface area contributed by atoms with Crippen molar-refractivity contribution in [2.45, 2.75) is 13.8 Å². The van der Waals surface area contributed by atoms with Crippen molar-refractivity contribution in [3.05, 3.63) is 65.2 Å². The van der Waals surface area contributed by atoms with E-state index in [2.05, 4.69) is 5.32 Å². The van der Waals surface area contributed by atoms with Crippen LogP contribution < -0.4 is 5.32 Å². The maximum Gasteiger partial charge on any atom is 0.258 e. The van der Waals surface area contributed by atoms with Gasteiger partial charge in [-0.25, -0.2) is 8.78 Å². The van der Waals surface area contributed by atoms with Crippen molar-refractivity contribution in [2.75, 3.05) is 18.4 Å². The van der Waals surface area contributed by atoms with Gasteiger partial charge in [-0.15, -0.1) is 0 Å². The Morgan fingerprint density at radius 1 is 1.00 bits per heavy atom. The molecule has 2 rings (SSSR count). The molecule has 0 saturated carbocycles. The maximum atomic E-state index is 13.6. The molecular formula is C18H18F2N2O2. The molecule has 0 unspecified atom stereocenters. The average Bonchev–Trinajstić information content (AvgIpc) is 2.56. The first-order valence-corrected chi connectivity index (χ1v) is 7.62. The van der Waals surface area contributed by atoms with Crippen molar-refractivity contribution in [1.29, 1.82) is 0 Å². The van der Waals surface area contributed by atoms with Crippen LogP contribution in [0.3, 0.4) is 0 Å². The van der Waals surface area contributed by atoms with Crippen molar-refractivity contribution in [1.82, 2.24) is 4.90 Å². The van der Waals surface area contributed by atoms with Crippen LogP contribution in [0.4, 0.5) is 14.5 Å². The highest BCUT2D eigenvalue weighted by Gasteiger charge is 2.14. The number of carbonyl (C=O) groups excluding carboxylic acids is 2. The Kier molecular flexibility index (Phi) is 5.63. The minimum absolute atomic E-state index is 0.0949. The van der Waals surface area contributed by atoms with E-state index in [0.29, 0.717) is 30.4 Å². The van der Waals surface area contributed by atoms with E-state index in [-0.39, 0.29) is 11.5 Å². The summed E-state index contributed by atoms with van der Waals surface area (Å²) < 4.78 is 26.5. The second kappa shape index (κ2) is 7.68. The first-order valence-electron chi connectivity index (χ1n) is 7.62. The quantitative estimate of drug-likeness (QED) is 0.907. The minimum atomic E-state index is -0.930. The Bertz CT molecular complexity index is 741. The number of anilines is 1. The molecule has 0 aliphatic rings. The van der Waals surface area contributed by atoms with E-state index >= 15 is 0 Å². The van der Waals surface area contributed by atoms with E-state index in [1.54, 1.807) is 29.2 Å². The number of nitrogens with zero attached hydrogens (tertiary/aromatic N) is 1. The van der Waals surface area contributed by atoms with Crippen molar-refractivity contribution in [2.24, 2.45) is 0 Å². The van der Waals surface area contributed by atoms with Gasteiger partial charge in [-0.05, 0) is 50.2 Å². The summed E-state index contributed by atoms with van der Waals surface area (Å²) in [6.07, 6.45) is 0. The number of halogens is 2. The highest BCUT2D eigenvalue weighted by Crippen LogP contribution is 2.15. The molecule has 0 spiro atoms. The van der Waals surface area contributed by atoms with E-state index in [9.17, 15) is 18.4 Å². The van der Waals surface area contributed by atoms with Crippen molar-refractivity contribution >= 4 is 17.5 Å². The first kappa shape index (κ1) is 17.6. The Labute approximate surface area is 139 Å². The lowest BCUT2D eigenvalue weighted by Gasteiger charge is -2.18. The van der Waals surface area contributed by atoms with Gasteiger partial charge in [0, 0.05) is 30.4 Å². The minimum Gasteiger partial charge on any atom is -0.339 e. The molecule has 6 heteroatoms. The molecule has 0 aliphatic heterocycles. The number of hydrogen-bond donors (Lipinski definition) is 1. The standard InChI is InChI=1S/C18H18F2N2O2/c1-3-22(4-2)18(24)12-5-8-14(9-6-12)21-17(23)15-10-7-13(19)11-16(15)20/h5-11H,3-4H2,1-2H3,(H,21,23). The largest absolute Gasteiger partial charge is 0.339 e. The highest BCUT2D eigenvalue weighted by molar-refractivity contribution is 6.04. The third-order valence-corrected chi connectivity index (χ3v) is 3.62. The Balaban J connectivity index is 2.11. The van der Waals surface area contributed by atoms with E-state index in [4.69, 9.17) is 0 Å². The molecule has 2 aromatic carbocycles. The van der Waals surface area contributed by atoms with E-state index in [1.165, 1.54) is 0 Å². The Hall–Kier alpha value is -2.76. The number of rotatable bonds is 5. The van der Waals surface area contributed by atoms with Crippen LogP contribution in [0.15, 0.2) is 42.5 Å². The number of carbonyl (C=O) groups is 2. The second-order valence-corrected chi connectivity index (χ2v) is 5.13. The summed E-state index contributed by atoms with van der Waals surface area (Å²) in [6.45, 7) is 5.01. The SMILES string of the molecule is CCN(CC)C(=O)c1ccc(NC(=O)c2ccc(F)cc2F)cc1. The van der Waals surface area contributed by atoms with Gasteiger partial charge in [-0.1, -0.05) is 0 Å². The van der Waals surface area contributed by atoms with Crippen molar-refractivity contribution in [3.8, 4) is 0 Å². The van der Waals surface area contributed by atoms with Crippen molar-refractivity contribution < 1.29 is 18.4 Å². The van der Waals surface area contributed by atoms with Crippen LogP contribution in [-0.2, 0) is 0 Å². The van der Waals surface area contributed by atoms with Crippen LogP contribution in [0.2, 0.25) is 0 Å². The van der Waals surface area contributed by atoms with E-state index < -0.39 is 17.5 Å². The third kappa shape index (κ3) is 3.95. The molecule has 0 radical (unpaired) electrons. The van der Waals surface area contributed by atoms with Gasteiger partial charge in [0.2, 0.25) is 0 Å². The molecule has 126 valence electrons. The zero-order valence-electron chi connectivity index (χ0n) is 13.5. The summed E-state index contributed by atoms with van der Waals surface area (Å²) in [5.74, 6) is -2.46. The zero-order chi connectivity index (χ0) is 17.7. The lowest BCUT2D eigenvalue weighted by atomic mass is 10.1. The number of benzene rings is 2. The van der Waals surface area contributed by atoms with Gasteiger partial charge in [0.1, 0.15) is 11.6 Å². The number of nitrogens with one attached hydrogen (secondary N) is 1. The molecule has 1 N–H and O–H groups in total. The molecular weight excluding hydrogens is 314 g/mol. The van der Waals surface area contributed by atoms with Gasteiger partial charge >= 0.3 is 0 Å². The fraction of sp³-hybridized carbons (Fsp3) is 0.222. The molecule has 2 aromatic rings. The molecule has 0 aromatic heterocycles. The summed E-state index contributed by atoms with van der Waals surface area (Å²) in [6, 6.07) is 9.07. The summed E-state index contributed by atoms with van der Waals surface area (Å²) in [7, 11) is 0. The highest BCUT2D eigenvalue weighted by atomic mass is 19.1. The van der Waals surface area contributed by atoms with E-state index in [1.807, 2.05) is 13.8 Å². The molecule has 0 heterocycles. The van der Waals surface area contributed by atoms with Crippen LogP contribution in [0.1, 0.15) is 34.6 Å². The van der Waals surface area contributed by atoms with Gasteiger partial charge in [-0.2, -0.15) is 0 Å². The van der Waals surface area contributed by atoms with Crippen LogP contribution in [0.5, 0.6) is 0 Å². The third-order valence-electron chi connectivity index (χ3n) is 3.62. The lowest BCUT2D eigenvalue weighted by Crippen LogP contribution is -2.30. The molecule has 0 saturated heterocycles.